The van der Waals surface area contributed by atoms with Crippen molar-refractivity contribution in [3.63, 3.8) is 0 Å². The molecule has 73 valence electrons. The van der Waals surface area contributed by atoms with Crippen LogP contribution in [0.1, 0.15) is 12.0 Å². The molecular formula is C11H13N2O. The molecule has 3 nitrogen and oxygen atoms in total. The van der Waals surface area contributed by atoms with Crippen molar-refractivity contribution < 1.29 is 4.79 Å². The Morgan fingerprint density at radius 2 is 2.50 bits per heavy atom. The second kappa shape index (κ2) is 3.70. The van der Waals surface area contributed by atoms with Crippen molar-refractivity contribution in [2.45, 2.75) is 12.8 Å². The molecule has 0 unspecified atom stereocenters. The monoisotopic (exact) mass is 189 g/mol. The first kappa shape index (κ1) is 9.06. The van der Waals surface area contributed by atoms with Crippen molar-refractivity contribution >= 4 is 11.6 Å². The van der Waals surface area contributed by atoms with Gasteiger partial charge in [0.25, 0.3) is 0 Å². The van der Waals surface area contributed by atoms with Gasteiger partial charge in [-0.1, -0.05) is 6.07 Å². The molecule has 0 spiro atoms. The van der Waals surface area contributed by atoms with Gasteiger partial charge in [0.2, 0.25) is 5.91 Å². The number of nitrogens with two attached hydrogens (primary N) is 1. The summed E-state index contributed by atoms with van der Waals surface area (Å²) in [5.74, 6) is -0.273. The number of hydrogen-bond acceptors (Lipinski definition) is 2. The molecule has 1 aliphatic rings. The first-order valence-corrected chi connectivity index (χ1v) is 4.79. The average Bonchev–Trinajstić information content (AvgIpc) is 2.18. The number of carbonyl (C=O) groups is 1. The van der Waals surface area contributed by atoms with Gasteiger partial charge in [0, 0.05) is 12.2 Å². The Kier molecular flexibility index (Phi) is 2.39. The van der Waals surface area contributed by atoms with E-state index in [0.29, 0.717) is 6.54 Å². The number of benzene rings is 1. The van der Waals surface area contributed by atoms with Gasteiger partial charge in [-0.2, -0.15) is 0 Å². The lowest BCUT2D eigenvalue weighted by Crippen LogP contribution is -2.37. The second-order valence-electron chi connectivity index (χ2n) is 3.55. The van der Waals surface area contributed by atoms with Crippen LogP contribution in [0.15, 0.2) is 18.2 Å². The quantitative estimate of drug-likeness (QED) is 0.745. The molecule has 3 heteroatoms. The van der Waals surface area contributed by atoms with Crippen LogP contribution in [0.25, 0.3) is 0 Å². The van der Waals surface area contributed by atoms with Crippen LogP contribution >= 0.6 is 0 Å². The zero-order chi connectivity index (χ0) is 9.97. The highest BCUT2D eigenvalue weighted by Crippen LogP contribution is 2.25. The fourth-order valence-electron chi connectivity index (χ4n) is 1.90. The van der Waals surface area contributed by atoms with Gasteiger partial charge in [-0.15, -0.1) is 0 Å². The molecule has 1 amide bonds. The van der Waals surface area contributed by atoms with Crippen molar-refractivity contribution in [3.05, 3.63) is 29.8 Å². The summed E-state index contributed by atoms with van der Waals surface area (Å²) in [5, 5.41) is 0. The number of aryl methyl sites for hydroxylation is 1. The molecule has 2 N–H and O–H groups in total. The number of nitrogens with zero attached hydrogens (tertiary/aromatic N) is 1. The Hall–Kier alpha value is -1.51. The van der Waals surface area contributed by atoms with E-state index in [4.69, 9.17) is 5.73 Å². The third kappa shape index (κ3) is 1.71. The lowest BCUT2D eigenvalue weighted by Gasteiger charge is -2.29. The van der Waals surface area contributed by atoms with Crippen LogP contribution in [0.3, 0.4) is 0 Å². The van der Waals surface area contributed by atoms with Crippen molar-refractivity contribution in [2.75, 3.05) is 18.0 Å². The van der Waals surface area contributed by atoms with Crippen LogP contribution in [0.2, 0.25) is 0 Å². The summed E-state index contributed by atoms with van der Waals surface area (Å²) in [6.07, 6.45) is 2.15. The molecule has 0 atom stereocenters. The molecule has 2 rings (SSSR count). The third-order valence-corrected chi connectivity index (χ3v) is 2.49. The Labute approximate surface area is 83.5 Å². The van der Waals surface area contributed by atoms with E-state index < -0.39 is 0 Å². The van der Waals surface area contributed by atoms with Crippen LogP contribution in [0.5, 0.6) is 0 Å². The Balaban J connectivity index is 2.26. The van der Waals surface area contributed by atoms with E-state index in [1.807, 2.05) is 23.1 Å². The lowest BCUT2D eigenvalue weighted by atomic mass is 10.0. The number of rotatable bonds is 2. The molecule has 1 aromatic rings. The van der Waals surface area contributed by atoms with Crippen LogP contribution in [-0.4, -0.2) is 19.0 Å². The second-order valence-corrected chi connectivity index (χ2v) is 3.55. The third-order valence-electron chi connectivity index (χ3n) is 2.49. The molecule has 14 heavy (non-hydrogen) atoms. The number of carbonyl (C=O) groups excluding carboxylic acids is 1. The fourth-order valence-corrected chi connectivity index (χ4v) is 1.90. The van der Waals surface area contributed by atoms with E-state index in [9.17, 15) is 4.79 Å². The molecule has 0 bridgehead atoms. The molecule has 0 saturated carbocycles. The number of amides is 1. The van der Waals surface area contributed by atoms with Crippen molar-refractivity contribution in [1.82, 2.24) is 0 Å². The molecule has 1 radical (unpaired) electrons. The largest absolute Gasteiger partial charge is 0.368 e. The number of anilines is 1. The molecule has 1 aliphatic heterocycles. The first-order chi connectivity index (χ1) is 6.77. The van der Waals surface area contributed by atoms with E-state index in [1.165, 1.54) is 5.56 Å². The highest BCUT2D eigenvalue weighted by Gasteiger charge is 2.16. The molecule has 1 heterocycles. The van der Waals surface area contributed by atoms with Gasteiger partial charge in [0.1, 0.15) is 0 Å². The summed E-state index contributed by atoms with van der Waals surface area (Å²) in [6, 6.07) is 8.91. The maximum Gasteiger partial charge on any atom is 0.236 e. The van der Waals surface area contributed by atoms with Gasteiger partial charge in [0.05, 0.1) is 6.54 Å². The number of fused-ring (bicyclic) bond motifs is 1. The molecule has 0 aliphatic carbocycles. The van der Waals surface area contributed by atoms with Gasteiger partial charge in [0.15, 0.2) is 0 Å². The highest BCUT2D eigenvalue weighted by atomic mass is 16.1. The maximum atomic E-state index is 10.9. The summed E-state index contributed by atoms with van der Waals surface area (Å²) in [7, 11) is 0. The molecular weight excluding hydrogens is 176 g/mol. The summed E-state index contributed by atoms with van der Waals surface area (Å²) < 4.78 is 0. The van der Waals surface area contributed by atoms with Crippen molar-refractivity contribution in [1.29, 1.82) is 0 Å². The summed E-state index contributed by atoms with van der Waals surface area (Å²) >= 11 is 0. The van der Waals surface area contributed by atoms with Gasteiger partial charge < -0.3 is 10.6 Å². The van der Waals surface area contributed by atoms with E-state index in [-0.39, 0.29) is 5.91 Å². The van der Waals surface area contributed by atoms with Gasteiger partial charge in [-0.3, -0.25) is 4.79 Å². The van der Waals surface area contributed by atoms with E-state index in [0.717, 1.165) is 25.1 Å². The Bertz CT molecular complexity index is 349. The number of hydrogen-bond donors (Lipinski definition) is 1. The standard InChI is InChI=1S/C11H13N2O/c12-11(14)8-13-7-3-5-9-4-1-2-6-10(9)13/h2,4,6H,3,5,7-8H2,(H2,12,14). The van der Waals surface area contributed by atoms with E-state index in [1.54, 1.807) is 0 Å². The number of primary amides is 1. The van der Waals surface area contributed by atoms with Gasteiger partial charge >= 0.3 is 0 Å². The van der Waals surface area contributed by atoms with Crippen molar-refractivity contribution in [2.24, 2.45) is 5.73 Å². The van der Waals surface area contributed by atoms with Crippen molar-refractivity contribution in [3.8, 4) is 0 Å². The maximum absolute atomic E-state index is 10.9. The minimum absolute atomic E-state index is 0.273. The average molecular weight is 189 g/mol. The Morgan fingerprint density at radius 3 is 3.29 bits per heavy atom. The smallest absolute Gasteiger partial charge is 0.236 e. The van der Waals surface area contributed by atoms with Crippen LogP contribution in [0, 0.1) is 6.07 Å². The van der Waals surface area contributed by atoms with Gasteiger partial charge in [-0.25, -0.2) is 0 Å². The van der Waals surface area contributed by atoms with E-state index in [2.05, 4.69) is 6.07 Å². The molecule has 0 aromatic heterocycles. The SMILES string of the molecule is NC(=O)CN1CCCc2c[c]ccc21. The first-order valence-electron chi connectivity index (χ1n) is 4.79. The predicted molar refractivity (Wildman–Crippen MR) is 55.0 cm³/mol. The minimum Gasteiger partial charge on any atom is -0.368 e. The Morgan fingerprint density at radius 1 is 1.64 bits per heavy atom. The predicted octanol–water partition coefficient (Wildman–Crippen LogP) is 0.725. The lowest BCUT2D eigenvalue weighted by molar-refractivity contribution is -0.116. The summed E-state index contributed by atoms with van der Waals surface area (Å²) in [6.45, 7) is 1.23. The van der Waals surface area contributed by atoms with Crippen LogP contribution in [0.4, 0.5) is 5.69 Å². The minimum atomic E-state index is -0.273. The van der Waals surface area contributed by atoms with E-state index >= 15 is 0 Å². The zero-order valence-electron chi connectivity index (χ0n) is 7.99. The van der Waals surface area contributed by atoms with Crippen LogP contribution in [-0.2, 0) is 11.2 Å². The van der Waals surface area contributed by atoms with Crippen LogP contribution < -0.4 is 10.6 Å². The summed E-state index contributed by atoms with van der Waals surface area (Å²) in [4.78, 5) is 12.9. The topological polar surface area (TPSA) is 46.3 Å². The summed E-state index contributed by atoms with van der Waals surface area (Å²) in [5.41, 5.74) is 7.59. The highest BCUT2D eigenvalue weighted by molar-refractivity contribution is 5.80. The zero-order valence-corrected chi connectivity index (χ0v) is 7.99. The molecule has 0 saturated heterocycles. The molecule has 0 fully saturated rings. The molecule has 1 aromatic carbocycles. The fraction of sp³-hybridized carbons (Fsp3) is 0.364. The normalized spacial score (nSPS) is 15.0. The van der Waals surface area contributed by atoms with Gasteiger partial charge in [-0.05, 0) is 36.6 Å².